The molecule has 2 aromatic carbocycles. The summed E-state index contributed by atoms with van der Waals surface area (Å²) in [5.41, 5.74) is 3.33. The van der Waals surface area contributed by atoms with E-state index in [1.54, 1.807) is 6.92 Å². The largest absolute Gasteiger partial charge is 0.462 e. The maximum absolute atomic E-state index is 12.6. The number of aryl methyl sites for hydroxylation is 1. The summed E-state index contributed by atoms with van der Waals surface area (Å²) in [5.74, 6) is -0.711. The number of hydrogen-bond donors (Lipinski definition) is 1. The highest BCUT2D eigenvalue weighted by molar-refractivity contribution is 6.25. The first-order valence-electron chi connectivity index (χ1n) is 7.84. The van der Waals surface area contributed by atoms with Crippen molar-refractivity contribution >= 4 is 23.1 Å². The molecule has 0 heterocycles. The predicted molar refractivity (Wildman–Crippen MR) is 94.9 cm³/mol. The van der Waals surface area contributed by atoms with Crippen LogP contribution in [0.4, 0.5) is 0 Å². The lowest BCUT2D eigenvalue weighted by Crippen LogP contribution is -2.22. The van der Waals surface area contributed by atoms with Gasteiger partial charge in [-0.2, -0.15) is 0 Å². The molecule has 4 nitrogen and oxygen atoms in total. The molecule has 0 saturated carbocycles. The summed E-state index contributed by atoms with van der Waals surface area (Å²) in [7, 11) is 0. The molecule has 1 N–H and O–H groups in total. The maximum atomic E-state index is 12.6. The Labute approximate surface area is 142 Å². The molecule has 0 bridgehead atoms. The second-order valence-corrected chi connectivity index (χ2v) is 5.38. The third kappa shape index (κ3) is 4.32. The van der Waals surface area contributed by atoms with Gasteiger partial charge < -0.3 is 10.1 Å². The van der Waals surface area contributed by atoms with Gasteiger partial charge in [0.2, 0.25) is 5.91 Å². The fourth-order valence-electron chi connectivity index (χ4n) is 2.35. The smallest absolute Gasteiger partial charge is 0.340 e. The normalized spacial score (nSPS) is 11.5. The molecule has 4 heteroatoms. The second-order valence-electron chi connectivity index (χ2n) is 5.38. The van der Waals surface area contributed by atoms with Crippen molar-refractivity contribution in [3.63, 3.8) is 0 Å². The van der Waals surface area contributed by atoms with Crippen molar-refractivity contribution in [3.8, 4) is 0 Å². The maximum Gasteiger partial charge on any atom is 0.340 e. The third-order valence-corrected chi connectivity index (χ3v) is 3.43. The van der Waals surface area contributed by atoms with Gasteiger partial charge in [-0.25, -0.2) is 4.79 Å². The van der Waals surface area contributed by atoms with E-state index in [0.29, 0.717) is 16.8 Å². The number of benzene rings is 2. The van der Waals surface area contributed by atoms with Crippen LogP contribution in [-0.2, 0) is 14.3 Å². The van der Waals surface area contributed by atoms with Crippen molar-refractivity contribution in [2.45, 2.75) is 20.8 Å². The number of amides is 1. The zero-order chi connectivity index (χ0) is 17.5. The number of nitrogens with one attached hydrogen (secondary N) is 1. The highest BCUT2D eigenvalue weighted by Gasteiger charge is 2.21. The first-order valence-corrected chi connectivity index (χ1v) is 7.84. The molecule has 0 unspecified atom stereocenters. The van der Waals surface area contributed by atoms with Crippen molar-refractivity contribution in [1.29, 1.82) is 0 Å². The van der Waals surface area contributed by atoms with Gasteiger partial charge in [-0.3, -0.25) is 4.79 Å². The molecule has 0 aliphatic rings. The monoisotopic (exact) mass is 323 g/mol. The number of hydrogen-bond acceptors (Lipinski definition) is 3. The third-order valence-electron chi connectivity index (χ3n) is 3.43. The summed E-state index contributed by atoms with van der Waals surface area (Å²) >= 11 is 0. The molecular weight excluding hydrogens is 302 g/mol. The second kappa shape index (κ2) is 8.11. The van der Waals surface area contributed by atoms with Gasteiger partial charge in [0.1, 0.15) is 0 Å². The summed E-state index contributed by atoms with van der Waals surface area (Å²) in [6, 6.07) is 16.8. The SMILES string of the molecule is CCOC(=O)/C(=C(\NC(C)=O)c1ccccc1)c1ccc(C)cc1. The van der Waals surface area contributed by atoms with E-state index in [0.717, 1.165) is 11.1 Å². The average Bonchev–Trinajstić information content (AvgIpc) is 2.57. The Morgan fingerprint density at radius 1 is 0.958 bits per heavy atom. The molecule has 0 aromatic heterocycles. The molecule has 0 fully saturated rings. The van der Waals surface area contributed by atoms with Crippen molar-refractivity contribution < 1.29 is 14.3 Å². The van der Waals surface area contributed by atoms with Crippen LogP contribution in [0.15, 0.2) is 54.6 Å². The molecular formula is C20H21NO3. The van der Waals surface area contributed by atoms with Crippen molar-refractivity contribution in [2.24, 2.45) is 0 Å². The lowest BCUT2D eigenvalue weighted by atomic mass is 9.98. The number of ether oxygens (including phenoxy) is 1. The van der Waals surface area contributed by atoms with Gasteiger partial charge in [0.25, 0.3) is 0 Å². The standard InChI is InChI=1S/C20H21NO3/c1-4-24-20(23)18(16-12-10-14(2)11-13-16)19(21-15(3)22)17-8-6-5-7-9-17/h5-13H,4H2,1-3H3,(H,21,22)/b19-18-. The topological polar surface area (TPSA) is 55.4 Å². The number of carbonyl (C=O) groups excluding carboxylic acids is 2. The Morgan fingerprint density at radius 3 is 2.12 bits per heavy atom. The molecule has 0 radical (unpaired) electrons. The minimum Gasteiger partial charge on any atom is -0.462 e. The Morgan fingerprint density at radius 2 is 1.58 bits per heavy atom. The molecule has 0 spiro atoms. The van der Waals surface area contributed by atoms with Crippen LogP contribution in [0.5, 0.6) is 0 Å². The van der Waals surface area contributed by atoms with Crippen molar-refractivity contribution in [1.82, 2.24) is 5.32 Å². The summed E-state index contributed by atoms with van der Waals surface area (Å²) in [6.45, 7) is 5.41. The Kier molecular flexibility index (Phi) is 5.90. The van der Waals surface area contributed by atoms with Crippen LogP contribution in [0, 0.1) is 6.92 Å². The Bertz CT molecular complexity index is 746. The molecule has 24 heavy (non-hydrogen) atoms. The predicted octanol–water partition coefficient (Wildman–Crippen LogP) is 3.56. The fourth-order valence-corrected chi connectivity index (χ4v) is 2.35. The van der Waals surface area contributed by atoms with Gasteiger partial charge in [0.05, 0.1) is 17.9 Å². The van der Waals surface area contributed by atoms with Crippen LogP contribution in [0.25, 0.3) is 11.3 Å². The van der Waals surface area contributed by atoms with E-state index in [-0.39, 0.29) is 12.5 Å². The van der Waals surface area contributed by atoms with Gasteiger partial charge in [-0.15, -0.1) is 0 Å². The van der Waals surface area contributed by atoms with Crippen LogP contribution in [0.1, 0.15) is 30.5 Å². The summed E-state index contributed by atoms with van der Waals surface area (Å²) in [4.78, 5) is 24.3. The number of esters is 1. The first-order chi connectivity index (χ1) is 11.5. The molecule has 0 aliphatic carbocycles. The van der Waals surface area contributed by atoms with Crippen LogP contribution in [0.3, 0.4) is 0 Å². The molecule has 0 aliphatic heterocycles. The van der Waals surface area contributed by atoms with Gasteiger partial charge in [0, 0.05) is 6.92 Å². The number of rotatable bonds is 5. The van der Waals surface area contributed by atoms with Gasteiger partial charge in [-0.05, 0) is 25.0 Å². The van der Waals surface area contributed by atoms with Crippen LogP contribution >= 0.6 is 0 Å². The van der Waals surface area contributed by atoms with E-state index in [2.05, 4.69) is 5.32 Å². The lowest BCUT2D eigenvalue weighted by Gasteiger charge is -2.16. The minimum absolute atomic E-state index is 0.247. The van der Waals surface area contributed by atoms with Crippen molar-refractivity contribution in [2.75, 3.05) is 6.61 Å². The fraction of sp³-hybridized carbons (Fsp3) is 0.200. The summed E-state index contributed by atoms with van der Waals surface area (Å²) in [6.07, 6.45) is 0. The molecule has 0 atom stereocenters. The average molecular weight is 323 g/mol. The van der Waals surface area contributed by atoms with E-state index in [9.17, 15) is 9.59 Å². The molecule has 2 rings (SSSR count). The molecule has 0 saturated heterocycles. The van der Waals surface area contributed by atoms with E-state index in [1.807, 2.05) is 61.5 Å². The van der Waals surface area contributed by atoms with E-state index < -0.39 is 5.97 Å². The quantitative estimate of drug-likeness (QED) is 0.520. The lowest BCUT2D eigenvalue weighted by molar-refractivity contribution is -0.136. The summed E-state index contributed by atoms with van der Waals surface area (Å²) < 4.78 is 5.22. The van der Waals surface area contributed by atoms with Gasteiger partial charge in [0.15, 0.2) is 0 Å². The minimum atomic E-state index is -0.464. The highest BCUT2D eigenvalue weighted by Crippen LogP contribution is 2.26. The van der Waals surface area contributed by atoms with E-state index in [1.165, 1.54) is 6.92 Å². The zero-order valence-electron chi connectivity index (χ0n) is 14.1. The van der Waals surface area contributed by atoms with E-state index >= 15 is 0 Å². The highest BCUT2D eigenvalue weighted by atomic mass is 16.5. The molecule has 2 aromatic rings. The molecule has 1 amide bonds. The zero-order valence-corrected chi connectivity index (χ0v) is 14.1. The Hall–Kier alpha value is -2.88. The van der Waals surface area contributed by atoms with E-state index in [4.69, 9.17) is 4.74 Å². The van der Waals surface area contributed by atoms with Gasteiger partial charge in [-0.1, -0.05) is 60.2 Å². The Balaban J connectivity index is 2.69. The summed E-state index contributed by atoms with van der Waals surface area (Å²) in [5, 5.41) is 2.79. The van der Waals surface area contributed by atoms with Crippen LogP contribution < -0.4 is 5.32 Å². The van der Waals surface area contributed by atoms with Gasteiger partial charge >= 0.3 is 5.97 Å². The first kappa shape index (κ1) is 17.5. The number of carbonyl (C=O) groups is 2. The molecule has 124 valence electrons. The van der Waals surface area contributed by atoms with Crippen LogP contribution in [0.2, 0.25) is 0 Å². The van der Waals surface area contributed by atoms with Crippen LogP contribution in [-0.4, -0.2) is 18.5 Å². The van der Waals surface area contributed by atoms with Crippen molar-refractivity contribution in [3.05, 3.63) is 71.3 Å².